The first-order valence-electron chi connectivity index (χ1n) is 8.58. The van der Waals surface area contributed by atoms with Gasteiger partial charge in [-0.15, -0.1) is 0 Å². The standard InChI is InChI=1S/C18H30F2N4O2/c1-6-21-17(23-12-18(2,3)24(4)5)22-11-15(25)13-7-9-14(10-8-13)26-16(19)20/h7-10,15-16,25H,6,11-12H2,1-5H3,(H2,21,22,23). The van der Waals surface area contributed by atoms with E-state index in [2.05, 4.69) is 39.1 Å². The predicted molar refractivity (Wildman–Crippen MR) is 99.8 cm³/mol. The van der Waals surface area contributed by atoms with Crippen molar-refractivity contribution in [1.82, 2.24) is 15.5 Å². The molecule has 6 nitrogen and oxygen atoms in total. The number of benzene rings is 1. The van der Waals surface area contributed by atoms with Crippen LogP contribution in [0.5, 0.6) is 5.75 Å². The van der Waals surface area contributed by atoms with Gasteiger partial charge < -0.3 is 25.4 Å². The van der Waals surface area contributed by atoms with Gasteiger partial charge in [0.25, 0.3) is 0 Å². The molecule has 1 aromatic carbocycles. The third-order valence-corrected chi connectivity index (χ3v) is 4.13. The van der Waals surface area contributed by atoms with Gasteiger partial charge in [0.2, 0.25) is 0 Å². The van der Waals surface area contributed by atoms with E-state index in [9.17, 15) is 13.9 Å². The van der Waals surface area contributed by atoms with Crippen molar-refractivity contribution in [2.75, 3.05) is 33.7 Å². The number of guanidine groups is 1. The van der Waals surface area contributed by atoms with E-state index in [1.165, 1.54) is 12.1 Å². The Hall–Kier alpha value is -1.93. The topological polar surface area (TPSA) is 69.1 Å². The average molecular weight is 372 g/mol. The fraction of sp³-hybridized carbons (Fsp3) is 0.611. The number of aliphatic hydroxyl groups is 1. The van der Waals surface area contributed by atoms with Crippen molar-refractivity contribution in [1.29, 1.82) is 0 Å². The maximum atomic E-state index is 12.2. The number of rotatable bonds is 9. The number of halogens is 2. The Balaban J connectivity index is 2.64. The van der Waals surface area contributed by atoms with E-state index in [1.807, 2.05) is 21.0 Å². The molecule has 0 spiro atoms. The van der Waals surface area contributed by atoms with Gasteiger partial charge in [0.15, 0.2) is 5.96 Å². The number of alkyl halides is 2. The van der Waals surface area contributed by atoms with Crippen molar-refractivity contribution >= 4 is 5.96 Å². The Morgan fingerprint density at radius 3 is 2.35 bits per heavy atom. The summed E-state index contributed by atoms with van der Waals surface area (Å²) in [5, 5.41) is 16.5. The van der Waals surface area contributed by atoms with E-state index >= 15 is 0 Å². The van der Waals surface area contributed by atoms with Crippen LogP contribution in [0.2, 0.25) is 0 Å². The predicted octanol–water partition coefficient (Wildman–Crippen LogP) is 2.22. The van der Waals surface area contributed by atoms with E-state index < -0.39 is 12.7 Å². The van der Waals surface area contributed by atoms with E-state index in [0.717, 1.165) is 0 Å². The van der Waals surface area contributed by atoms with E-state index in [1.54, 1.807) is 12.1 Å². The molecule has 8 heteroatoms. The number of aliphatic hydroxyl groups excluding tert-OH is 1. The van der Waals surface area contributed by atoms with Crippen molar-refractivity contribution in [3.8, 4) is 5.75 Å². The minimum Gasteiger partial charge on any atom is -0.435 e. The molecule has 0 saturated carbocycles. The first kappa shape index (κ1) is 22.1. The van der Waals surface area contributed by atoms with Gasteiger partial charge in [0.05, 0.1) is 12.6 Å². The third kappa shape index (κ3) is 7.53. The fourth-order valence-electron chi connectivity index (χ4n) is 1.94. The molecule has 0 amide bonds. The van der Waals surface area contributed by atoms with Crippen LogP contribution in [0, 0.1) is 0 Å². The van der Waals surface area contributed by atoms with Crippen LogP contribution in [0.1, 0.15) is 32.4 Å². The highest BCUT2D eigenvalue weighted by atomic mass is 19.3. The quantitative estimate of drug-likeness (QED) is 0.458. The zero-order chi connectivity index (χ0) is 19.7. The van der Waals surface area contributed by atoms with Crippen LogP contribution in [0.25, 0.3) is 0 Å². The minimum atomic E-state index is -2.86. The van der Waals surface area contributed by atoms with Gasteiger partial charge in [-0.3, -0.25) is 4.99 Å². The zero-order valence-electron chi connectivity index (χ0n) is 16.1. The SMILES string of the molecule is CCNC(=NCC(C)(C)N(C)C)NCC(O)c1ccc(OC(F)F)cc1. The molecular formula is C18H30F2N4O2. The third-order valence-electron chi connectivity index (χ3n) is 4.13. The van der Waals surface area contributed by atoms with Crippen molar-refractivity contribution in [3.05, 3.63) is 29.8 Å². The van der Waals surface area contributed by atoms with Gasteiger partial charge in [-0.25, -0.2) is 0 Å². The van der Waals surface area contributed by atoms with E-state index in [4.69, 9.17) is 0 Å². The van der Waals surface area contributed by atoms with Crippen molar-refractivity contribution < 1.29 is 18.6 Å². The molecule has 1 rings (SSSR count). The summed E-state index contributed by atoms with van der Waals surface area (Å²) in [5.74, 6) is 0.670. The maximum absolute atomic E-state index is 12.2. The van der Waals surface area contributed by atoms with Crippen LogP contribution in [0.3, 0.4) is 0 Å². The smallest absolute Gasteiger partial charge is 0.387 e. The van der Waals surface area contributed by atoms with E-state index in [-0.39, 0.29) is 17.8 Å². The molecule has 0 saturated heterocycles. The lowest BCUT2D eigenvalue weighted by Gasteiger charge is -2.31. The lowest BCUT2D eigenvalue weighted by Crippen LogP contribution is -2.44. The average Bonchev–Trinajstić information content (AvgIpc) is 2.57. The largest absolute Gasteiger partial charge is 0.435 e. The van der Waals surface area contributed by atoms with Crippen LogP contribution in [0.4, 0.5) is 8.78 Å². The Kier molecular flexibility index (Phi) is 8.74. The zero-order valence-corrected chi connectivity index (χ0v) is 16.1. The van der Waals surface area contributed by atoms with Crippen LogP contribution in [-0.2, 0) is 0 Å². The normalized spacial score (nSPS) is 13.8. The summed E-state index contributed by atoms with van der Waals surface area (Å²) in [6.07, 6.45) is -0.804. The van der Waals surface area contributed by atoms with Gasteiger partial charge >= 0.3 is 6.61 Å². The molecule has 0 fully saturated rings. The molecule has 0 aliphatic rings. The molecule has 0 aliphatic heterocycles. The highest BCUT2D eigenvalue weighted by Gasteiger charge is 2.20. The second-order valence-electron chi connectivity index (χ2n) is 6.75. The lowest BCUT2D eigenvalue weighted by molar-refractivity contribution is -0.0498. The molecular weight excluding hydrogens is 342 g/mol. The Morgan fingerprint density at radius 2 is 1.85 bits per heavy atom. The van der Waals surface area contributed by atoms with Gasteiger partial charge in [-0.1, -0.05) is 12.1 Å². The van der Waals surface area contributed by atoms with Crippen LogP contribution in [0.15, 0.2) is 29.3 Å². The number of likely N-dealkylation sites (N-methyl/N-ethyl adjacent to an activating group) is 1. The monoisotopic (exact) mass is 372 g/mol. The van der Waals surface area contributed by atoms with Crippen LogP contribution >= 0.6 is 0 Å². The summed E-state index contributed by atoms with van der Waals surface area (Å²) in [4.78, 5) is 6.65. The molecule has 26 heavy (non-hydrogen) atoms. The van der Waals surface area contributed by atoms with Gasteiger partial charge in [-0.2, -0.15) is 8.78 Å². The number of nitrogens with one attached hydrogen (secondary N) is 2. The second-order valence-corrected chi connectivity index (χ2v) is 6.75. The summed E-state index contributed by atoms with van der Waals surface area (Å²) >= 11 is 0. The highest BCUT2D eigenvalue weighted by molar-refractivity contribution is 5.79. The van der Waals surface area contributed by atoms with Crippen molar-refractivity contribution in [2.24, 2.45) is 4.99 Å². The summed E-state index contributed by atoms with van der Waals surface area (Å²) in [7, 11) is 4.00. The van der Waals surface area contributed by atoms with Gasteiger partial charge in [0.1, 0.15) is 5.75 Å². The Bertz CT molecular complexity index is 563. The second kappa shape index (κ2) is 10.3. The Morgan fingerprint density at radius 1 is 1.23 bits per heavy atom. The fourth-order valence-corrected chi connectivity index (χ4v) is 1.94. The highest BCUT2D eigenvalue weighted by Crippen LogP contribution is 2.19. The van der Waals surface area contributed by atoms with Crippen LogP contribution in [-0.4, -0.2) is 61.8 Å². The first-order chi connectivity index (χ1) is 12.2. The molecule has 0 aromatic heterocycles. The molecule has 1 atom stereocenters. The number of nitrogens with zero attached hydrogens (tertiary/aromatic N) is 2. The summed E-state index contributed by atoms with van der Waals surface area (Å²) < 4.78 is 28.6. The molecule has 3 N–H and O–H groups in total. The maximum Gasteiger partial charge on any atom is 0.387 e. The molecule has 0 bridgehead atoms. The van der Waals surface area contributed by atoms with E-state index in [0.29, 0.717) is 24.6 Å². The van der Waals surface area contributed by atoms with Gasteiger partial charge in [-0.05, 0) is 52.6 Å². The molecule has 148 valence electrons. The lowest BCUT2D eigenvalue weighted by atomic mass is 10.1. The molecule has 0 heterocycles. The molecule has 0 aliphatic carbocycles. The number of ether oxygens (including phenoxy) is 1. The molecule has 0 radical (unpaired) electrons. The molecule has 1 aromatic rings. The summed E-state index contributed by atoms with van der Waals surface area (Å²) in [6, 6.07) is 5.93. The van der Waals surface area contributed by atoms with Gasteiger partial charge in [0, 0.05) is 18.6 Å². The first-order valence-corrected chi connectivity index (χ1v) is 8.58. The minimum absolute atomic E-state index is 0.0599. The van der Waals surface area contributed by atoms with Crippen molar-refractivity contribution in [3.63, 3.8) is 0 Å². The Labute approximate surface area is 154 Å². The molecule has 1 unspecified atom stereocenters. The summed E-state index contributed by atoms with van der Waals surface area (Å²) in [6.45, 7) is 4.82. The summed E-state index contributed by atoms with van der Waals surface area (Å²) in [5.41, 5.74) is 0.505. The number of hydrogen-bond acceptors (Lipinski definition) is 4. The number of aliphatic imine (C=N–C) groups is 1. The number of hydrogen-bond donors (Lipinski definition) is 3. The van der Waals surface area contributed by atoms with Crippen molar-refractivity contribution in [2.45, 2.75) is 39.0 Å². The van der Waals surface area contributed by atoms with Crippen LogP contribution < -0.4 is 15.4 Å².